The second-order valence-electron chi connectivity index (χ2n) is 3.70. The van der Waals surface area contributed by atoms with E-state index in [1.165, 1.54) is 0 Å². The zero-order chi connectivity index (χ0) is 11.8. The number of rotatable bonds is 1. The highest BCUT2D eigenvalue weighted by Gasteiger charge is 2.07. The lowest BCUT2D eigenvalue weighted by atomic mass is 10.1. The minimum Gasteiger partial charge on any atom is -0.508 e. The Morgan fingerprint density at radius 2 is 1.88 bits per heavy atom. The molecule has 0 fully saturated rings. The van der Waals surface area contributed by atoms with Crippen molar-refractivity contribution in [3.05, 3.63) is 42.9 Å². The maximum absolute atomic E-state index is 9.26. The van der Waals surface area contributed by atoms with E-state index in [1.807, 2.05) is 16.5 Å². The zero-order valence-electron chi connectivity index (χ0n) is 8.91. The van der Waals surface area contributed by atoms with Crippen molar-refractivity contribution in [1.82, 2.24) is 14.4 Å². The molecule has 3 rings (SSSR count). The topological polar surface area (TPSA) is 76.4 Å². The van der Waals surface area contributed by atoms with Crippen LogP contribution in [0.5, 0.6) is 5.75 Å². The molecular formula is C12H10N4O. The Balaban J connectivity index is 2.24. The fraction of sp³-hybridized carbons (Fsp3) is 0. The van der Waals surface area contributed by atoms with Gasteiger partial charge in [0.15, 0.2) is 11.5 Å². The second-order valence-corrected chi connectivity index (χ2v) is 3.70. The monoisotopic (exact) mass is 226 g/mol. The molecular weight excluding hydrogens is 216 g/mol. The molecule has 0 amide bonds. The zero-order valence-corrected chi connectivity index (χ0v) is 8.91. The van der Waals surface area contributed by atoms with Gasteiger partial charge in [-0.1, -0.05) is 0 Å². The number of phenols is 1. The van der Waals surface area contributed by atoms with Crippen molar-refractivity contribution in [1.29, 1.82) is 0 Å². The van der Waals surface area contributed by atoms with Gasteiger partial charge in [-0.25, -0.2) is 9.97 Å². The average Bonchev–Trinajstić information content (AvgIpc) is 2.75. The number of anilines is 1. The second kappa shape index (κ2) is 3.48. The Morgan fingerprint density at radius 3 is 2.65 bits per heavy atom. The normalized spacial score (nSPS) is 10.8. The number of benzene rings is 1. The predicted octanol–water partition coefficient (Wildman–Crippen LogP) is 1.68. The van der Waals surface area contributed by atoms with Gasteiger partial charge in [-0.05, 0) is 24.3 Å². The molecule has 2 aromatic heterocycles. The van der Waals surface area contributed by atoms with E-state index in [0.717, 1.165) is 11.3 Å². The van der Waals surface area contributed by atoms with Gasteiger partial charge >= 0.3 is 0 Å². The minimum atomic E-state index is 0.240. The van der Waals surface area contributed by atoms with Gasteiger partial charge in [-0.3, -0.25) is 4.40 Å². The summed E-state index contributed by atoms with van der Waals surface area (Å²) >= 11 is 0. The first-order valence-electron chi connectivity index (χ1n) is 5.12. The summed E-state index contributed by atoms with van der Waals surface area (Å²) in [5.41, 5.74) is 8.24. The van der Waals surface area contributed by atoms with Crippen LogP contribution >= 0.6 is 0 Å². The molecule has 0 spiro atoms. The first-order valence-corrected chi connectivity index (χ1v) is 5.12. The Labute approximate surface area is 97.2 Å². The van der Waals surface area contributed by atoms with Crippen LogP contribution < -0.4 is 5.73 Å². The van der Waals surface area contributed by atoms with E-state index >= 15 is 0 Å². The van der Waals surface area contributed by atoms with Crippen LogP contribution in [0.25, 0.3) is 16.9 Å². The van der Waals surface area contributed by atoms with Gasteiger partial charge in [-0.15, -0.1) is 0 Å². The third-order valence-corrected chi connectivity index (χ3v) is 2.62. The molecule has 17 heavy (non-hydrogen) atoms. The highest BCUT2D eigenvalue weighted by atomic mass is 16.3. The first-order chi connectivity index (χ1) is 8.25. The number of fused-ring (bicyclic) bond motifs is 1. The van der Waals surface area contributed by atoms with E-state index in [4.69, 9.17) is 5.73 Å². The molecule has 2 heterocycles. The summed E-state index contributed by atoms with van der Waals surface area (Å²) in [6.07, 6.45) is 5.18. The molecule has 0 aliphatic rings. The van der Waals surface area contributed by atoms with Crippen LogP contribution in [0.2, 0.25) is 0 Å². The summed E-state index contributed by atoms with van der Waals surface area (Å²) in [6, 6.07) is 6.93. The number of aromatic hydroxyl groups is 1. The number of nitrogens with zero attached hydrogens (tertiary/aromatic N) is 3. The maximum Gasteiger partial charge on any atom is 0.180 e. The number of nitrogens with two attached hydrogens (primary N) is 1. The van der Waals surface area contributed by atoms with Crippen molar-refractivity contribution in [2.24, 2.45) is 0 Å². The Bertz CT molecular complexity index is 673. The highest BCUT2D eigenvalue weighted by Crippen LogP contribution is 2.23. The van der Waals surface area contributed by atoms with Crippen molar-refractivity contribution in [3.8, 4) is 17.0 Å². The van der Waals surface area contributed by atoms with Gasteiger partial charge in [0.2, 0.25) is 0 Å². The van der Waals surface area contributed by atoms with E-state index in [2.05, 4.69) is 9.97 Å². The molecule has 5 heteroatoms. The molecule has 0 radical (unpaired) electrons. The lowest BCUT2D eigenvalue weighted by molar-refractivity contribution is 0.475. The van der Waals surface area contributed by atoms with E-state index < -0.39 is 0 Å². The van der Waals surface area contributed by atoms with Crippen LogP contribution in [-0.4, -0.2) is 19.5 Å². The fourth-order valence-corrected chi connectivity index (χ4v) is 1.79. The van der Waals surface area contributed by atoms with Gasteiger partial charge in [0.25, 0.3) is 0 Å². The summed E-state index contributed by atoms with van der Waals surface area (Å²) in [5.74, 6) is 0.640. The summed E-state index contributed by atoms with van der Waals surface area (Å²) < 4.78 is 1.87. The van der Waals surface area contributed by atoms with Crippen molar-refractivity contribution in [3.63, 3.8) is 0 Å². The van der Waals surface area contributed by atoms with Crippen LogP contribution in [-0.2, 0) is 0 Å². The number of phenolic OH excluding ortho intramolecular Hbond substituents is 1. The number of imidazole rings is 1. The SMILES string of the molecule is Nc1nccn2c(-c3ccc(O)cc3)cnc12. The number of hydrogen-bond acceptors (Lipinski definition) is 4. The van der Waals surface area contributed by atoms with Gasteiger partial charge < -0.3 is 10.8 Å². The van der Waals surface area contributed by atoms with Crippen molar-refractivity contribution in [2.45, 2.75) is 0 Å². The summed E-state index contributed by atoms with van der Waals surface area (Å²) in [6.45, 7) is 0. The van der Waals surface area contributed by atoms with Crippen molar-refractivity contribution < 1.29 is 5.11 Å². The van der Waals surface area contributed by atoms with E-state index in [9.17, 15) is 5.11 Å². The Morgan fingerprint density at radius 1 is 1.12 bits per heavy atom. The molecule has 0 unspecified atom stereocenters. The molecule has 0 aliphatic heterocycles. The lowest BCUT2D eigenvalue weighted by Crippen LogP contribution is -1.96. The van der Waals surface area contributed by atoms with Crippen LogP contribution in [0.3, 0.4) is 0 Å². The molecule has 0 saturated carbocycles. The molecule has 1 aromatic carbocycles. The van der Waals surface area contributed by atoms with Crippen LogP contribution in [0.4, 0.5) is 5.82 Å². The smallest absolute Gasteiger partial charge is 0.180 e. The summed E-state index contributed by atoms with van der Waals surface area (Å²) in [4.78, 5) is 8.21. The molecule has 0 bridgehead atoms. The lowest BCUT2D eigenvalue weighted by Gasteiger charge is -2.02. The molecule has 0 saturated heterocycles. The number of hydrogen-bond donors (Lipinski definition) is 2. The van der Waals surface area contributed by atoms with Gasteiger partial charge in [0, 0.05) is 18.0 Å². The number of nitrogen functional groups attached to an aromatic ring is 1. The molecule has 3 N–H and O–H groups in total. The molecule has 0 atom stereocenters. The van der Waals surface area contributed by atoms with Crippen LogP contribution in [0.1, 0.15) is 0 Å². The minimum absolute atomic E-state index is 0.240. The quantitative estimate of drug-likeness (QED) is 0.662. The summed E-state index contributed by atoms with van der Waals surface area (Å²) in [7, 11) is 0. The first kappa shape index (κ1) is 9.65. The Hall–Kier alpha value is -2.56. The molecule has 84 valence electrons. The van der Waals surface area contributed by atoms with E-state index in [1.54, 1.807) is 30.7 Å². The largest absolute Gasteiger partial charge is 0.508 e. The fourth-order valence-electron chi connectivity index (χ4n) is 1.79. The van der Waals surface area contributed by atoms with Gasteiger partial charge in [0.1, 0.15) is 5.75 Å². The molecule has 5 nitrogen and oxygen atoms in total. The number of aromatic nitrogens is 3. The van der Waals surface area contributed by atoms with Crippen LogP contribution in [0.15, 0.2) is 42.9 Å². The predicted molar refractivity (Wildman–Crippen MR) is 64.5 cm³/mol. The third-order valence-electron chi connectivity index (χ3n) is 2.62. The van der Waals surface area contributed by atoms with Crippen molar-refractivity contribution in [2.75, 3.05) is 5.73 Å². The average molecular weight is 226 g/mol. The van der Waals surface area contributed by atoms with E-state index in [-0.39, 0.29) is 5.75 Å². The van der Waals surface area contributed by atoms with Gasteiger partial charge in [0.05, 0.1) is 11.9 Å². The third kappa shape index (κ3) is 1.48. The highest BCUT2D eigenvalue weighted by molar-refractivity contribution is 5.69. The summed E-state index contributed by atoms with van der Waals surface area (Å²) in [5, 5.41) is 9.26. The maximum atomic E-state index is 9.26. The molecule has 0 aliphatic carbocycles. The van der Waals surface area contributed by atoms with Crippen molar-refractivity contribution >= 4 is 11.5 Å². The standard InChI is InChI=1S/C12H10N4O/c13-11-12-15-7-10(16(12)6-5-14-11)8-1-3-9(17)4-2-8/h1-7,17H,(H2,13,14). The van der Waals surface area contributed by atoms with E-state index in [0.29, 0.717) is 11.5 Å². The molecule has 3 aromatic rings. The Kier molecular flexibility index (Phi) is 1.98. The van der Waals surface area contributed by atoms with Gasteiger partial charge in [-0.2, -0.15) is 0 Å². The van der Waals surface area contributed by atoms with Crippen LogP contribution in [0, 0.1) is 0 Å².